The largest absolute Gasteiger partial charge is 0.395 e. The summed E-state index contributed by atoms with van der Waals surface area (Å²) in [7, 11) is 0. The molecule has 0 aliphatic heterocycles. The quantitative estimate of drug-likeness (QED) is 0.240. The van der Waals surface area contributed by atoms with Gasteiger partial charge >= 0.3 is 0 Å². The van der Waals surface area contributed by atoms with Crippen molar-refractivity contribution in [2.24, 2.45) is 0 Å². The first-order chi connectivity index (χ1) is 17.6. The third kappa shape index (κ3) is 5.39. The number of aryl methyl sites for hydroxylation is 1. The molecule has 0 saturated carbocycles. The lowest BCUT2D eigenvalue weighted by molar-refractivity contribution is 0.311. The van der Waals surface area contributed by atoms with E-state index in [9.17, 15) is 9.50 Å². The molecule has 2 aromatic heterocycles. The Labute approximate surface area is 207 Å². The molecule has 0 saturated heterocycles. The average Bonchev–Trinajstić information content (AvgIpc) is 3.19. The molecule has 10 heteroatoms. The maximum absolute atomic E-state index is 13.3. The smallest absolute Gasteiger partial charge is 0.233 e. The number of anilines is 5. The van der Waals surface area contributed by atoms with Gasteiger partial charge in [-0.05, 0) is 55.0 Å². The van der Waals surface area contributed by atoms with Crippen LogP contribution in [0.5, 0.6) is 0 Å². The van der Waals surface area contributed by atoms with Gasteiger partial charge in [0.25, 0.3) is 0 Å². The van der Waals surface area contributed by atoms with Gasteiger partial charge in [0, 0.05) is 24.5 Å². The van der Waals surface area contributed by atoms with Gasteiger partial charge in [-0.3, -0.25) is 0 Å². The zero-order valence-electron chi connectivity index (χ0n) is 19.6. The predicted octanol–water partition coefficient (Wildman–Crippen LogP) is 4.61. The number of halogens is 1. The molecule has 0 atom stereocenters. The zero-order valence-corrected chi connectivity index (χ0v) is 19.6. The van der Waals surface area contributed by atoms with Crippen LogP contribution in [0.15, 0.2) is 72.8 Å². The molecule has 36 heavy (non-hydrogen) atoms. The minimum atomic E-state index is -0.332. The number of aliphatic hydroxyl groups is 1. The van der Waals surface area contributed by atoms with Crippen LogP contribution in [0.1, 0.15) is 11.4 Å². The van der Waals surface area contributed by atoms with Crippen LogP contribution in [0.25, 0.3) is 11.0 Å². The van der Waals surface area contributed by atoms with Crippen molar-refractivity contribution in [3.63, 3.8) is 0 Å². The molecule has 2 heterocycles. The fourth-order valence-corrected chi connectivity index (χ4v) is 3.81. The van der Waals surface area contributed by atoms with Crippen molar-refractivity contribution in [3.05, 3.63) is 90.0 Å². The molecular formula is C26H25FN8O. The lowest BCUT2D eigenvalue weighted by Gasteiger charge is -2.12. The minimum Gasteiger partial charge on any atom is -0.395 e. The number of nitrogens with one attached hydrogen (secondary N) is 3. The van der Waals surface area contributed by atoms with Gasteiger partial charge in [-0.15, -0.1) is 0 Å². The first kappa shape index (κ1) is 23.2. The van der Waals surface area contributed by atoms with Gasteiger partial charge in [0.2, 0.25) is 17.8 Å². The lowest BCUT2D eigenvalue weighted by Crippen LogP contribution is -2.12. The van der Waals surface area contributed by atoms with Crippen LogP contribution in [0.4, 0.5) is 33.6 Å². The first-order valence-electron chi connectivity index (χ1n) is 11.5. The van der Waals surface area contributed by atoms with Crippen molar-refractivity contribution in [3.8, 4) is 0 Å². The molecule has 4 N–H and O–H groups in total. The Bertz CT molecular complexity index is 1470. The van der Waals surface area contributed by atoms with Crippen molar-refractivity contribution in [1.29, 1.82) is 0 Å². The van der Waals surface area contributed by atoms with Gasteiger partial charge in [0.05, 0.1) is 17.6 Å². The molecule has 5 rings (SSSR count). The summed E-state index contributed by atoms with van der Waals surface area (Å²) in [6, 6.07) is 22.0. The third-order valence-electron chi connectivity index (χ3n) is 5.51. The van der Waals surface area contributed by atoms with Crippen molar-refractivity contribution in [2.45, 2.75) is 13.5 Å². The predicted molar refractivity (Wildman–Crippen MR) is 138 cm³/mol. The van der Waals surface area contributed by atoms with Crippen LogP contribution in [0, 0.1) is 12.7 Å². The van der Waals surface area contributed by atoms with E-state index < -0.39 is 0 Å². The number of aliphatic hydroxyl groups excluding tert-OH is 1. The van der Waals surface area contributed by atoms with Gasteiger partial charge in [-0.1, -0.05) is 30.3 Å². The molecule has 182 valence electrons. The fourth-order valence-electron chi connectivity index (χ4n) is 3.81. The molecule has 0 spiro atoms. The highest BCUT2D eigenvalue weighted by Gasteiger charge is 2.11. The Balaban J connectivity index is 1.44. The number of imidazole rings is 1. The van der Waals surface area contributed by atoms with Crippen LogP contribution in [0.2, 0.25) is 0 Å². The first-order valence-corrected chi connectivity index (χ1v) is 11.5. The second-order valence-electron chi connectivity index (χ2n) is 8.15. The second kappa shape index (κ2) is 10.4. The molecular weight excluding hydrogens is 459 g/mol. The van der Waals surface area contributed by atoms with E-state index in [1.807, 2.05) is 43.3 Å². The Morgan fingerprint density at radius 1 is 0.806 bits per heavy atom. The van der Waals surface area contributed by atoms with Crippen LogP contribution in [-0.4, -0.2) is 42.8 Å². The van der Waals surface area contributed by atoms with Crippen LogP contribution < -0.4 is 16.0 Å². The zero-order chi connectivity index (χ0) is 24.9. The van der Waals surface area contributed by atoms with E-state index in [0.717, 1.165) is 22.5 Å². The summed E-state index contributed by atoms with van der Waals surface area (Å²) in [5, 5.41) is 18.4. The maximum Gasteiger partial charge on any atom is 0.233 e. The highest BCUT2D eigenvalue weighted by molar-refractivity contribution is 5.81. The summed E-state index contributed by atoms with van der Waals surface area (Å²) >= 11 is 0. The Morgan fingerprint density at radius 3 is 2.19 bits per heavy atom. The van der Waals surface area contributed by atoms with Crippen molar-refractivity contribution in [1.82, 2.24) is 24.5 Å². The third-order valence-corrected chi connectivity index (χ3v) is 5.51. The second-order valence-corrected chi connectivity index (χ2v) is 8.15. The van der Waals surface area contributed by atoms with Gasteiger partial charge in [0.1, 0.15) is 11.6 Å². The van der Waals surface area contributed by atoms with Crippen LogP contribution in [0.3, 0.4) is 0 Å². The summed E-state index contributed by atoms with van der Waals surface area (Å²) in [6.07, 6.45) is 0. The molecule has 5 aromatic rings. The minimum absolute atomic E-state index is 0.0728. The fraction of sp³-hybridized carbons (Fsp3) is 0.154. The van der Waals surface area contributed by atoms with E-state index in [1.54, 1.807) is 12.1 Å². The number of fused-ring (bicyclic) bond motifs is 1. The highest BCUT2D eigenvalue weighted by Crippen LogP contribution is 2.24. The number of hydrogen-bond acceptors (Lipinski definition) is 8. The van der Waals surface area contributed by atoms with Gasteiger partial charge in [-0.2, -0.15) is 15.0 Å². The Hall–Kier alpha value is -4.57. The number of aromatic nitrogens is 5. The van der Waals surface area contributed by atoms with E-state index in [0.29, 0.717) is 18.2 Å². The lowest BCUT2D eigenvalue weighted by atomic mass is 10.2. The van der Waals surface area contributed by atoms with Crippen LogP contribution >= 0.6 is 0 Å². The SMILES string of the molecule is Cc1nc2ccc(Nc3nc(NCCO)nc(Nc4ccc(F)cc4)n3)cc2n1Cc1ccccc1. The molecule has 0 amide bonds. The molecule has 0 unspecified atom stereocenters. The molecule has 0 bridgehead atoms. The standard InChI is InChI=1S/C26H25FN8O/c1-17-29-22-12-11-21(15-23(22)35(17)16-18-5-3-2-4-6-18)31-26-33-24(28-13-14-36)32-25(34-26)30-20-9-7-19(27)8-10-20/h2-12,15,36H,13-14,16H2,1H3,(H3,28,30,31,32,33,34). The van der Waals surface area contributed by atoms with Crippen LogP contribution in [-0.2, 0) is 6.54 Å². The molecule has 3 aromatic carbocycles. The van der Waals surface area contributed by atoms with E-state index in [-0.39, 0.29) is 30.9 Å². The van der Waals surface area contributed by atoms with E-state index in [4.69, 9.17) is 4.98 Å². The maximum atomic E-state index is 13.3. The van der Waals surface area contributed by atoms with E-state index in [1.165, 1.54) is 17.7 Å². The average molecular weight is 485 g/mol. The molecule has 9 nitrogen and oxygen atoms in total. The topological polar surface area (TPSA) is 113 Å². The van der Waals surface area contributed by atoms with Crippen molar-refractivity contribution in [2.75, 3.05) is 29.1 Å². The molecule has 0 aliphatic rings. The van der Waals surface area contributed by atoms with Gasteiger partial charge in [-0.25, -0.2) is 9.37 Å². The summed E-state index contributed by atoms with van der Waals surface area (Å²) in [6.45, 7) is 2.91. The summed E-state index contributed by atoms with van der Waals surface area (Å²) in [5.74, 6) is 1.46. The summed E-state index contributed by atoms with van der Waals surface area (Å²) in [5.41, 5.74) is 4.48. The molecule has 0 fully saturated rings. The van der Waals surface area contributed by atoms with Gasteiger partial charge < -0.3 is 25.6 Å². The van der Waals surface area contributed by atoms with E-state index >= 15 is 0 Å². The number of hydrogen-bond donors (Lipinski definition) is 4. The number of benzene rings is 3. The van der Waals surface area contributed by atoms with E-state index in [2.05, 4.69) is 47.6 Å². The van der Waals surface area contributed by atoms with Crippen molar-refractivity contribution < 1.29 is 9.50 Å². The summed E-state index contributed by atoms with van der Waals surface area (Å²) in [4.78, 5) is 17.9. The molecule has 0 aliphatic carbocycles. The van der Waals surface area contributed by atoms with Gasteiger partial charge in [0.15, 0.2) is 0 Å². The monoisotopic (exact) mass is 484 g/mol. The summed E-state index contributed by atoms with van der Waals surface area (Å²) < 4.78 is 15.4. The van der Waals surface area contributed by atoms with Crippen molar-refractivity contribution >= 4 is 40.3 Å². The Morgan fingerprint density at radius 2 is 1.47 bits per heavy atom. The Kier molecular flexibility index (Phi) is 6.67. The number of rotatable bonds is 9. The highest BCUT2D eigenvalue weighted by atomic mass is 19.1. The number of nitrogens with zero attached hydrogens (tertiary/aromatic N) is 5. The molecule has 0 radical (unpaired) electrons. The normalized spacial score (nSPS) is 11.0.